The quantitative estimate of drug-likeness (QED) is 0.631. The number of sulfonamides is 1. The van der Waals surface area contributed by atoms with Crippen LogP contribution in [0.15, 0.2) is 35.4 Å². The zero-order chi connectivity index (χ0) is 20.9. The summed E-state index contributed by atoms with van der Waals surface area (Å²) < 4.78 is 35.0. The average molecular weight is 422 g/mol. The number of ether oxygens (including phenoxy) is 1. The van der Waals surface area contributed by atoms with Crippen LogP contribution < -0.4 is 5.32 Å². The van der Waals surface area contributed by atoms with E-state index in [2.05, 4.69) is 16.8 Å². The number of fused-ring (bicyclic) bond motifs is 1. The van der Waals surface area contributed by atoms with Gasteiger partial charge in [-0.1, -0.05) is 0 Å². The molecule has 3 rings (SSSR count). The lowest BCUT2D eigenvalue weighted by Crippen LogP contribution is -2.43. The van der Waals surface area contributed by atoms with E-state index in [0.29, 0.717) is 50.6 Å². The second kappa shape index (κ2) is 9.73. The van der Waals surface area contributed by atoms with Crippen molar-refractivity contribution in [2.45, 2.75) is 44.6 Å². The molecule has 0 spiro atoms. The average Bonchev–Trinajstić information content (AvgIpc) is 3.16. The topological polar surface area (TPSA) is 80.6 Å². The normalized spacial score (nSPS) is 16.3. The number of rotatable bonds is 9. The van der Waals surface area contributed by atoms with Crippen LogP contribution in [0, 0.1) is 5.92 Å². The van der Waals surface area contributed by atoms with Gasteiger partial charge in [0, 0.05) is 62.4 Å². The van der Waals surface area contributed by atoms with Crippen LogP contribution in [-0.4, -0.2) is 56.0 Å². The molecule has 2 aromatic rings. The van der Waals surface area contributed by atoms with Gasteiger partial charge >= 0.3 is 0 Å². The van der Waals surface area contributed by atoms with Gasteiger partial charge in [0.1, 0.15) is 0 Å². The second-order valence-corrected chi connectivity index (χ2v) is 9.28. The third-order valence-corrected chi connectivity index (χ3v) is 7.41. The molecule has 160 valence electrons. The largest absolute Gasteiger partial charge is 0.382 e. The molecule has 1 fully saturated rings. The zero-order valence-corrected chi connectivity index (χ0v) is 18.1. The van der Waals surface area contributed by atoms with E-state index in [1.807, 2.05) is 25.3 Å². The van der Waals surface area contributed by atoms with E-state index < -0.39 is 10.0 Å². The number of hydrogen-bond donors (Lipinski definition) is 1. The molecule has 0 aliphatic carbocycles. The Labute approximate surface area is 173 Å². The predicted molar refractivity (Wildman–Crippen MR) is 113 cm³/mol. The Hall–Kier alpha value is -1.90. The van der Waals surface area contributed by atoms with Crippen LogP contribution in [0.25, 0.3) is 10.9 Å². The zero-order valence-electron chi connectivity index (χ0n) is 17.3. The van der Waals surface area contributed by atoms with Gasteiger partial charge in [0.25, 0.3) is 0 Å². The molecule has 1 aromatic heterocycles. The second-order valence-electron chi connectivity index (χ2n) is 7.34. The van der Waals surface area contributed by atoms with Crippen LogP contribution in [0.5, 0.6) is 0 Å². The Morgan fingerprint density at radius 3 is 2.66 bits per heavy atom. The van der Waals surface area contributed by atoms with Gasteiger partial charge in [-0.2, -0.15) is 4.31 Å². The van der Waals surface area contributed by atoms with Crippen LogP contribution in [-0.2, 0) is 26.1 Å². The number of aromatic nitrogens is 1. The van der Waals surface area contributed by atoms with Crippen molar-refractivity contribution in [1.82, 2.24) is 14.2 Å². The lowest BCUT2D eigenvalue weighted by Gasteiger charge is -2.30. The SMILES string of the molecule is CCOCCCNC(=O)C1CCN(S(=O)(=O)c2ccc3c(ccn3CC)c2)CC1. The van der Waals surface area contributed by atoms with E-state index in [-0.39, 0.29) is 11.8 Å². The summed E-state index contributed by atoms with van der Waals surface area (Å²) in [5.41, 5.74) is 1.03. The number of nitrogens with zero attached hydrogens (tertiary/aromatic N) is 2. The number of piperidine rings is 1. The van der Waals surface area contributed by atoms with Crippen LogP contribution >= 0.6 is 0 Å². The highest BCUT2D eigenvalue weighted by atomic mass is 32.2. The van der Waals surface area contributed by atoms with E-state index in [9.17, 15) is 13.2 Å². The summed E-state index contributed by atoms with van der Waals surface area (Å²) in [6.45, 7) is 7.49. The lowest BCUT2D eigenvalue weighted by molar-refractivity contribution is -0.126. The maximum absolute atomic E-state index is 13.1. The third-order valence-electron chi connectivity index (χ3n) is 5.51. The van der Waals surface area contributed by atoms with Gasteiger partial charge in [-0.3, -0.25) is 4.79 Å². The van der Waals surface area contributed by atoms with Gasteiger partial charge in [0.2, 0.25) is 15.9 Å². The summed E-state index contributed by atoms with van der Waals surface area (Å²) >= 11 is 0. The van der Waals surface area contributed by atoms with E-state index in [4.69, 9.17) is 4.74 Å². The van der Waals surface area contributed by atoms with Crippen molar-refractivity contribution in [3.05, 3.63) is 30.5 Å². The fraction of sp³-hybridized carbons (Fsp3) is 0.571. The van der Waals surface area contributed by atoms with E-state index >= 15 is 0 Å². The van der Waals surface area contributed by atoms with Crippen LogP contribution in [0.4, 0.5) is 0 Å². The molecule has 0 bridgehead atoms. The summed E-state index contributed by atoms with van der Waals surface area (Å²) in [6, 6.07) is 7.24. The minimum Gasteiger partial charge on any atom is -0.382 e. The first-order valence-electron chi connectivity index (χ1n) is 10.4. The fourth-order valence-electron chi connectivity index (χ4n) is 3.80. The fourth-order valence-corrected chi connectivity index (χ4v) is 5.30. The molecular weight excluding hydrogens is 390 g/mol. The smallest absolute Gasteiger partial charge is 0.243 e. The molecule has 1 saturated heterocycles. The van der Waals surface area contributed by atoms with Gasteiger partial charge in [-0.25, -0.2) is 8.42 Å². The molecule has 1 N–H and O–H groups in total. The van der Waals surface area contributed by atoms with Crippen molar-refractivity contribution in [2.24, 2.45) is 5.92 Å². The van der Waals surface area contributed by atoms with Gasteiger partial charge in [-0.15, -0.1) is 0 Å². The van der Waals surface area contributed by atoms with E-state index in [1.165, 1.54) is 4.31 Å². The predicted octanol–water partition coefficient (Wildman–Crippen LogP) is 2.60. The Morgan fingerprint density at radius 1 is 1.21 bits per heavy atom. The van der Waals surface area contributed by atoms with Crippen LogP contribution in [0.2, 0.25) is 0 Å². The lowest BCUT2D eigenvalue weighted by atomic mass is 9.97. The first-order chi connectivity index (χ1) is 14.0. The molecule has 7 nitrogen and oxygen atoms in total. The molecule has 0 atom stereocenters. The van der Waals surface area contributed by atoms with Crippen LogP contribution in [0.1, 0.15) is 33.1 Å². The minimum absolute atomic E-state index is 0.0147. The Morgan fingerprint density at radius 2 is 1.97 bits per heavy atom. The minimum atomic E-state index is -3.55. The van der Waals surface area contributed by atoms with Crippen LogP contribution in [0.3, 0.4) is 0 Å². The van der Waals surface area contributed by atoms with Crippen molar-refractivity contribution in [3.63, 3.8) is 0 Å². The highest BCUT2D eigenvalue weighted by Crippen LogP contribution is 2.26. The van der Waals surface area contributed by atoms with Crippen molar-refractivity contribution in [2.75, 3.05) is 32.8 Å². The Bertz CT molecular complexity index is 931. The van der Waals surface area contributed by atoms with Gasteiger partial charge in [0.15, 0.2) is 0 Å². The van der Waals surface area contributed by atoms with Gasteiger partial charge < -0.3 is 14.6 Å². The number of benzene rings is 1. The summed E-state index contributed by atoms with van der Waals surface area (Å²) in [4.78, 5) is 12.6. The molecule has 0 saturated carbocycles. The Balaban J connectivity index is 1.57. The molecule has 1 aromatic carbocycles. The Kier molecular flexibility index (Phi) is 7.32. The van der Waals surface area contributed by atoms with E-state index in [0.717, 1.165) is 23.9 Å². The monoisotopic (exact) mass is 421 g/mol. The number of carbonyl (C=O) groups is 1. The first-order valence-corrected chi connectivity index (χ1v) is 11.9. The van der Waals surface area contributed by atoms with Crippen molar-refractivity contribution in [3.8, 4) is 0 Å². The van der Waals surface area contributed by atoms with Gasteiger partial charge in [0.05, 0.1) is 4.90 Å². The number of amides is 1. The standard InChI is InChI=1S/C21H31N3O4S/c1-3-23-12-8-18-16-19(6-7-20(18)23)29(26,27)24-13-9-17(10-14-24)21(25)22-11-5-15-28-4-2/h6-8,12,16-17H,3-5,9-11,13-15H2,1-2H3,(H,22,25). The highest BCUT2D eigenvalue weighted by Gasteiger charge is 2.32. The molecule has 2 heterocycles. The number of nitrogens with one attached hydrogen (secondary N) is 1. The number of carbonyl (C=O) groups excluding carboxylic acids is 1. The molecule has 1 aliphatic rings. The van der Waals surface area contributed by atoms with E-state index in [1.54, 1.807) is 12.1 Å². The maximum atomic E-state index is 13.1. The molecule has 1 aliphatic heterocycles. The maximum Gasteiger partial charge on any atom is 0.243 e. The number of hydrogen-bond acceptors (Lipinski definition) is 4. The molecule has 0 unspecified atom stereocenters. The number of aryl methyl sites for hydroxylation is 1. The summed E-state index contributed by atoms with van der Waals surface area (Å²) in [5, 5.41) is 3.86. The van der Waals surface area contributed by atoms with Crippen molar-refractivity contribution >= 4 is 26.8 Å². The first kappa shape index (κ1) is 21.8. The summed E-state index contributed by atoms with van der Waals surface area (Å²) in [7, 11) is -3.55. The highest BCUT2D eigenvalue weighted by molar-refractivity contribution is 7.89. The van der Waals surface area contributed by atoms with Crippen molar-refractivity contribution < 1.29 is 17.9 Å². The molecule has 1 amide bonds. The third kappa shape index (κ3) is 4.99. The molecule has 0 radical (unpaired) electrons. The summed E-state index contributed by atoms with van der Waals surface area (Å²) in [6.07, 6.45) is 3.85. The molecule has 8 heteroatoms. The summed E-state index contributed by atoms with van der Waals surface area (Å²) in [5.74, 6) is -0.115. The van der Waals surface area contributed by atoms with Gasteiger partial charge in [-0.05, 0) is 57.4 Å². The van der Waals surface area contributed by atoms with Crippen molar-refractivity contribution in [1.29, 1.82) is 0 Å². The molecule has 29 heavy (non-hydrogen) atoms. The molecular formula is C21H31N3O4S.